The van der Waals surface area contributed by atoms with Crippen LogP contribution in [-0.4, -0.2) is 24.5 Å². The van der Waals surface area contributed by atoms with E-state index in [9.17, 15) is 4.79 Å². The second kappa shape index (κ2) is 9.24. The summed E-state index contributed by atoms with van der Waals surface area (Å²) in [6.45, 7) is 6.79. The molecule has 0 spiro atoms. The summed E-state index contributed by atoms with van der Waals surface area (Å²) in [5, 5.41) is 6.36. The fourth-order valence-electron chi connectivity index (χ4n) is 3.40. The fourth-order valence-corrected chi connectivity index (χ4v) is 3.40. The Balaban J connectivity index is 1.63. The van der Waals surface area contributed by atoms with Crippen LogP contribution in [0.1, 0.15) is 32.6 Å². The van der Waals surface area contributed by atoms with Crippen LogP contribution in [-0.2, 0) is 6.42 Å². The van der Waals surface area contributed by atoms with Crippen molar-refractivity contribution in [2.45, 2.75) is 27.2 Å². The summed E-state index contributed by atoms with van der Waals surface area (Å²) in [7, 11) is 1.67. The molecule has 0 unspecified atom stereocenters. The molecule has 29 heavy (non-hydrogen) atoms. The summed E-state index contributed by atoms with van der Waals surface area (Å²) >= 11 is 0. The van der Waals surface area contributed by atoms with E-state index in [1.807, 2.05) is 38.1 Å². The highest BCUT2D eigenvalue weighted by Gasteiger charge is 2.11. The molecule has 1 heterocycles. The molecule has 1 aromatic heterocycles. The minimum absolute atomic E-state index is 0.163. The number of ether oxygens (including phenoxy) is 1. The Hall–Kier alpha value is -3.34. The van der Waals surface area contributed by atoms with E-state index in [4.69, 9.17) is 4.74 Å². The topological polar surface area (TPSA) is 63.2 Å². The minimum Gasteiger partial charge on any atom is -0.497 e. The Morgan fingerprint density at radius 1 is 1.03 bits per heavy atom. The van der Waals surface area contributed by atoms with Crippen LogP contribution in [0.15, 0.2) is 54.9 Å². The second-order valence-electron chi connectivity index (χ2n) is 7.22. The van der Waals surface area contributed by atoms with E-state index < -0.39 is 0 Å². The van der Waals surface area contributed by atoms with Gasteiger partial charge in [0.2, 0.25) is 0 Å². The number of anilines is 2. The lowest BCUT2D eigenvalue weighted by Gasteiger charge is -2.13. The third kappa shape index (κ3) is 5.35. The number of aromatic nitrogens is 1. The van der Waals surface area contributed by atoms with Crippen LogP contribution in [0.25, 0.3) is 0 Å². The van der Waals surface area contributed by atoms with E-state index in [0.29, 0.717) is 5.56 Å². The van der Waals surface area contributed by atoms with Gasteiger partial charge in [0.25, 0.3) is 5.91 Å². The van der Waals surface area contributed by atoms with E-state index in [1.165, 1.54) is 11.1 Å². The van der Waals surface area contributed by atoms with Crippen LogP contribution in [0.2, 0.25) is 0 Å². The van der Waals surface area contributed by atoms with Gasteiger partial charge in [0.15, 0.2) is 0 Å². The number of benzene rings is 2. The monoisotopic (exact) mass is 389 g/mol. The zero-order valence-corrected chi connectivity index (χ0v) is 17.4. The van der Waals surface area contributed by atoms with Gasteiger partial charge < -0.3 is 15.4 Å². The lowest BCUT2D eigenvalue weighted by molar-refractivity contribution is 0.102. The molecular formula is C24H27N3O2. The van der Waals surface area contributed by atoms with Crippen LogP contribution in [0, 0.1) is 20.8 Å². The van der Waals surface area contributed by atoms with Crippen LogP contribution in [0.5, 0.6) is 5.75 Å². The summed E-state index contributed by atoms with van der Waals surface area (Å²) in [6.07, 6.45) is 4.15. The number of carbonyl (C=O) groups excluding carboxylic acids is 1. The molecule has 0 aliphatic heterocycles. The van der Waals surface area contributed by atoms with Gasteiger partial charge in [-0.05, 0) is 62.1 Å². The summed E-state index contributed by atoms with van der Waals surface area (Å²) in [6, 6.07) is 14.0. The van der Waals surface area contributed by atoms with Gasteiger partial charge in [-0.1, -0.05) is 29.8 Å². The van der Waals surface area contributed by atoms with Gasteiger partial charge in [-0.25, -0.2) is 0 Å². The first-order valence-electron chi connectivity index (χ1n) is 9.67. The minimum atomic E-state index is -0.163. The van der Waals surface area contributed by atoms with Crippen molar-refractivity contribution in [3.63, 3.8) is 0 Å². The number of aryl methyl sites for hydroxylation is 3. The number of hydrogen-bond acceptors (Lipinski definition) is 4. The standard InChI is InChI=1S/C24H27N3O2/c1-16-10-17(2)23(18(3)11-16)27-24(28)20-13-21(15-25-14-20)26-9-8-19-6-5-7-22(12-19)29-4/h5-7,10-15,26H,8-9H2,1-4H3,(H,27,28). The molecule has 0 radical (unpaired) electrons. The normalized spacial score (nSPS) is 10.5. The predicted molar refractivity (Wildman–Crippen MR) is 118 cm³/mol. The van der Waals surface area contributed by atoms with E-state index in [1.54, 1.807) is 19.5 Å². The van der Waals surface area contributed by atoms with Crippen LogP contribution < -0.4 is 15.4 Å². The first-order chi connectivity index (χ1) is 14.0. The summed E-state index contributed by atoms with van der Waals surface area (Å²) in [4.78, 5) is 16.9. The highest BCUT2D eigenvalue weighted by atomic mass is 16.5. The summed E-state index contributed by atoms with van der Waals surface area (Å²) in [5.41, 5.74) is 6.67. The van der Waals surface area contributed by atoms with Gasteiger partial charge in [0.1, 0.15) is 5.75 Å². The van der Waals surface area contributed by atoms with Crippen molar-refractivity contribution in [1.82, 2.24) is 4.98 Å². The Kier molecular flexibility index (Phi) is 6.50. The molecule has 0 atom stereocenters. The lowest BCUT2D eigenvalue weighted by Crippen LogP contribution is -2.15. The Morgan fingerprint density at radius 2 is 1.79 bits per heavy atom. The van der Waals surface area contributed by atoms with Crippen molar-refractivity contribution in [3.8, 4) is 5.75 Å². The van der Waals surface area contributed by atoms with Gasteiger partial charge >= 0.3 is 0 Å². The molecule has 0 fully saturated rings. The molecule has 3 rings (SSSR count). The molecule has 0 aliphatic carbocycles. The highest BCUT2D eigenvalue weighted by Crippen LogP contribution is 2.23. The number of hydrogen-bond donors (Lipinski definition) is 2. The van der Waals surface area contributed by atoms with Crippen LogP contribution in [0.3, 0.4) is 0 Å². The lowest BCUT2D eigenvalue weighted by atomic mass is 10.0. The molecule has 0 bridgehead atoms. The van der Waals surface area contributed by atoms with Gasteiger partial charge in [0.05, 0.1) is 18.4 Å². The van der Waals surface area contributed by atoms with Crippen molar-refractivity contribution in [1.29, 1.82) is 0 Å². The number of nitrogens with zero attached hydrogens (tertiary/aromatic N) is 1. The number of nitrogens with one attached hydrogen (secondary N) is 2. The zero-order chi connectivity index (χ0) is 20.8. The van der Waals surface area contributed by atoms with E-state index >= 15 is 0 Å². The van der Waals surface area contributed by atoms with E-state index in [2.05, 4.69) is 40.7 Å². The molecule has 2 aromatic carbocycles. The summed E-state index contributed by atoms with van der Waals surface area (Å²) in [5.74, 6) is 0.688. The quantitative estimate of drug-likeness (QED) is 0.602. The molecular weight excluding hydrogens is 362 g/mol. The molecule has 0 saturated carbocycles. The average Bonchev–Trinajstić information content (AvgIpc) is 2.71. The predicted octanol–water partition coefficient (Wildman–Crippen LogP) is 4.92. The number of methoxy groups -OCH3 is 1. The molecule has 3 aromatic rings. The third-order valence-electron chi connectivity index (χ3n) is 4.79. The van der Waals surface area contributed by atoms with Crippen molar-refractivity contribution >= 4 is 17.3 Å². The first kappa shape index (κ1) is 20.4. The largest absolute Gasteiger partial charge is 0.497 e. The molecule has 5 heteroatoms. The Labute approximate surface area is 172 Å². The van der Waals surface area contributed by atoms with E-state index in [-0.39, 0.29) is 5.91 Å². The summed E-state index contributed by atoms with van der Waals surface area (Å²) < 4.78 is 5.26. The van der Waals surface area contributed by atoms with Crippen molar-refractivity contribution < 1.29 is 9.53 Å². The van der Waals surface area contributed by atoms with Crippen molar-refractivity contribution in [3.05, 3.63) is 82.7 Å². The maximum Gasteiger partial charge on any atom is 0.257 e. The van der Waals surface area contributed by atoms with Crippen LogP contribution in [0.4, 0.5) is 11.4 Å². The van der Waals surface area contributed by atoms with Crippen molar-refractivity contribution in [2.24, 2.45) is 0 Å². The van der Waals surface area contributed by atoms with Crippen molar-refractivity contribution in [2.75, 3.05) is 24.3 Å². The number of amides is 1. The maximum atomic E-state index is 12.7. The first-order valence-corrected chi connectivity index (χ1v) is 9.67. The fraction of sp³-hybridized carbons (Fsp3) is 0.250. The molecule has 1 amide bonds. The molecule has 0 aliphatic rings. The third-order valence-corrected chi connectivity index (χ3v) is 4.79. The highest BCUT2D eigenvalue weighted by molar-refractivity contribution is 6.05. The zero-order valence-electron chi connectivity index (χ0n) is 17.4. The number of rotatable bonds is 7. The molecule has 0 saturated heterocycles. The Bertz CT molecular complexity index is 992. The van der Waals surface area contributed by atoms with Gasteiger partial charge in [-0.2, -0.15) is 0 Å². The SMILES string of the molecule is COc1cccc(CCNc2cncc(C(=O)Nc3c(C)cc(C)cc3C)c2)c1. The van der Waals surface area contributed by atoms with Crippen LogP contribution >= 0.6 is 0 Å². The molecule has 5 nitrogen and oxygen atoms in total. The van der Waals surface area contributed by atoms with E-state index in [0.717, 1.165) is 41.2 Å². The number of carbonyl (C=O) groups is 1. The second-order valence-corrected chi connectivity index (χ2v) is 7.22. The van der Waals surface area contributed by atoms with Gasteiger partial charge in [-0.15, -0.1) is 0 Å². The Morgan fingerprint density at radius 3 is 2.52 bits per heavy atom. The average molecular weight is 389 g/mol. The molecule has 2 N–H and O–H groups in total. The molecule has 150 valence electrons. The smallest absolute Gasteiger partial charge is 0.257 e. The maximum absolute atomic E-state index is 12.7. The van der Waals surface area contributed by atoms with Gasteiger partial charge in [-0.3, -0.25) is 9.78 Å². The number of pyridine rings is 1. The van der Waals surface area contributed by atoms with Gasteiger partial charge in [0, 0.05) is 24.6 Å².